The minimum absolute atomic E-state index is 0.0945. The van der Waals surface area contributed by atoms with Gasteiger partial charge in [0.1, 0.15) is 5.76 Å². The van der Waals surface area contributed by atoms with Gasteiger partial charge in [-0.25, -0.2) is 0 Å². The van der Waals surface area contributed by atoms with Gasteiger partial charge in [0.05, 0.1) is 5.56 Å². The maximum atomic E-state index is 12.5. The third-order valence-corrected chi connectivity index (χ3v) is 4.58. The van der Waals surface area contributed by atoms with E-state index in [4.69, 9.17) is 4.42 Å². The lowest BCUT2D eigenvalue weighted by molar-refractivity contribution is 0.0750. The number of ketones is 1. The number of fused-ring (bicyclic) bond motifs is 1. The SMILES string of the molecule is Cc1c(C(=O)N(C)Cc2ccsc2)oc2c1C(=O)CCC2. The Kier molecular flexibility index (Phi) is 3.68. The van der Waals surface area contributed by atoms with Crippen molar-refractivity contribution >= 4 is 23.0 Å². The van der Waals surface area contributed by atoms with E-state index in [0.717, 1.165) is 18.4 Å². The number of furan rings is 1. The Hall–Kier alpha value is -1.88. The molecule has 0 saturated heterocycles. The molecule has 0 spiro atoms. The first-order valence-electron chi connectivity index (χ1n) is 7.00. The Bertz CT molecular complexity index is 685. The molecule has 0 aliphatic heterocycles. The average molecular weight is 303 g/mol. The monoisotopic (exact) mass is 303 g/mol. The van der Waals surface area contributed by atoms with Gasteiger partial charge >= 0.3 is 0 Å². The van der Waals surface area contributed by atoms with Crippen LogP contribution < -0.4 is 0 Å². The van der Waals surface area contributed by atoms with Crippen molar-refractivity contribution in [2.45, 2.75) is 32.7 Å². The highest BCUT2D eigenvalue weighted by molar-refractivity contribution is 7.07. The maximum absolute atomic E-state index is 12.5. The number of carbonyl (C=O) groups is 2. The van der Waals surface area contributed by atoms with E-state index < -0.39 is 0 Å². The minimum atomic E-state index is -0.166. The van der Waals surface area contributed by atoms with E-state index in [1.807, 2.05) is 16.8 Å². The molecule has 4 nitrogen and oxygen atoms in total. The summed E-state index contributed by atoms with van der Waals surface area (Å²) in [5.74, 6) is 0.918. The van der Waals surface area contributed by atoms with E-state index >= 15 is 0 Å². The smallest absolute Gasteiger partial charge is 0.289 e. The Morgan fingerprint density at radius 2 is 2.24 bits per heavy atom. The van der Waals surface area contributed by atoms with Crippen LogP contribution in [0, 0.1) is 6.92 Å². The molecule has 0 bridgehead atoms. The molecular weight excluding hydrogens is 286 g/mol. The van der Waals surface area contributed by atoms with Gasteiger partial charge in [0.15, 0.2) is 11.5 Å². The van der Waals surface area contributed by atoms with Crippen LogP contribution in [0.15, 0.2) is 21.2 Å². The molecule has 5 heteroatoms. The van der Waals surface area contributed by atoms with Gasteiger partial charge in [0.25, 0.3) is 5.91 Å². The predicted octanol–water partition coefficient (Wildman–Crippen LogP) is 3.44. The fourth-order valence-electron chi connectivity index (χ4n) is 2.75. The zero-order chi connectivity index (χ0) is 15.0. The van der Waals surface area contributed by atoms with Crippen molar-refractivity contribution < 1.29 is 14.0 Å². The molecule has 2 heterocycles. The second kappa shape index (κ2) is 5.48. The molecule has 2 aromatic rings. The third-order valence-electron chi connectivity index (χ3n) is 3.85. The number of nitrogens with zero attached hydrogens (tertiary/aromatic N) is 1. The number of carbonyl (C=O) groups excluding carboxylic acids is 2. The van der Waals surface area contributed by atoms with Gasteiger partial charge in [-0.05, 0) is 35.7 Å². The van der Waals surface area contributed by atoms with Crippen molar-refractivity contribution in [1.29, 1.82) is 0 Å². The number of rotatable bonds is 3. The van der Waals surface area contributed by atoms with Crippen molar-refractivity contribution in [2.75, 3.05) is 7.05 Å². The van der Waals surface area contributed by atoms with Crippen molar-refractivity contribution in [2.24, 2.45) is 0 Å². The predicted molar refractivity (Wildman–Crippen MR) is 80.8 cm³/mol. The van der Waals surface area contributed by atoms with Gasteiger partial charge in [-0.15, -0.1) is 0 Å². The summed E-state index contributed by atoms with van der Waals surface area (Å²) in [7, 11) is 1.75. The Balaban J connectivity index is 1.86. The highest BCUT2D eigenvalue weighted by Gasteiger charge is 2.29. The van der Waals surface area contributed by atoms with Gasteiger partial charge < -0.3 is 9.32 Å². The standard InChI is InChI=1S/C16H17NO3S/c1-10-14-12(18)4-3-5-13(14)20-15(10)16(19)17(2)8-11-6-7-21-9-11/h6-7,9H,3-5,8H2,1-2H3. The zero-order valence-electron chi connectivity index (χ0n) is 12.1. The van der Waals surface area contributed by atoms with Crippen LogP contribution in [0.4, 0.5) is 0 Å². The normalized spacial score (nSPS) is 14.1. The summed E-state index contributed by atoms with van der Waals surface area (Å²) in [5.41, 5.74) is 2.42. The lowest BCUT2D eigenvalue weighted by Gasteiger charge is -2.15. The highest BCUT2D eigenvalue weighted by atomic mass is 32.1. The fourth-order valence-corrected chi connectivity index (χ4v) is 3.41. The summed E-state index contributed by atoms with van der Waals surface area (Å²) in [4.78, 5) is 26.2. The zero-order valence-corrected chi connectivity index (χ0v) is 13.0. The number of hydrogen-bond acceptors (Lipinski definition) is 4. The summed E-state index contributed by atoms with van der Waals surface area (Å²) in [5, 5.41) is 4.01. The van der Waals surface area contributed by atoms with Gasteiger partial charge in [0.2, 0.25) is 0 Å². The molecule has 0 atom stereocenters. The van der Waals surface area contributed by atoms with Crippen molar-refractivity contribution in [3.8, 4) is 0 Å². The molecule has 0 fully saturated rings. The van der Waals surface area contributed by atoms with Crippen LogP contribution in [0.3, 0.4) is 0 Å². The first kappa shape index (κ1) is 14.1. The van der Waals surface area contributed by atoms with Crippen LogP contribution >= 0.6 is 11.3 Å². The highest BCUT2D eigenvalue weighted by Crippen LogP contribution is 2.30. The molecule has 1 aliphatic carbocycles. The molecule has 3 rings (SSSR count). The van der Waals surface area contributed by atoms with Crippen LogP contribution in [0.5, 0.6) is 0 Å². The van der Waals surface area contributed by atoms with Gasteiger partial charge in [-0.2, -0.15) is 11.3 Å². The molecule has 0 saturated carbocycles. The Labute approximate surface area is 127 Å². The molecule has 21 heavy (non-hydrogen) atoms. The van der Waals surface area contributed by atoms with E-state index in [9.17, 15) is 9.59 Å². The number of amides is 1. The third kappa shape index (κ3) is 2.53. The van der Waals surface area contributed by atoms with Gasteiger partial charge in [-0.3, -0.25) is 9.59 Å². The molecule has 0 unspecified atom stereocenters. The quantitative estimate of drug-likeness (QED) is 0.872. The summed E-state index contributed by atoms with van der Waals surface area (Å²) >= 11 is 1.61. The van der Waals surface area contributed by atoms with E-state index in [1.165, 1.54) is 0 Å². The van der Waals surface area contributed by atoms with Crippen LogP contribution in [0.2, 0.25) is 0 Å². The fraction of sp³-hybridized carbons (Fsp3) is 0.375. The topological polar surface area (TPSA) is 50.5 Å². The first-order chi connectivity index (χ1) is 10.1. The molecule has 0 N–H and O–H groups in total. The van der Waals surface area contributed by atoms with E-state index in [1.54, 1.807) is 30.2 Å². The number of thiophene rings is 1. The van der Waals surface area contributed by atoms with Crippen molar-refractivity contribution in [1.82, 2.24) is 4.90 Å². The number of Topliss-reactive ketones (excluding diaryl/α,β-unsaturated/α-hetero) is 1. The Morgan fingerprint density at radius 3 is 2.90 bits per heavy atom. The molecular formula is C16H17NO3S. The second-order valence-corrected chi connectivity index (χ2v) is 6.20. The summed E-state index contributed by atoms with van der Waals surface area (Å²) in [6.07, 6.45) is 2.09. The van der Waals surface area contributed by atoms with Gasteiger partial charge in [-0.1, -0.05) is 0 Å². The number of hydrogen-bond donors (Lipinski definition) is 0. The van der Waals surface area contributed by atoms with Gasteiger partial charge in [0, 0.05) is 32.0 Å². The van der Waals surface area contributed by atoms with E-state index in [0.29, 0.717) is 35.6 Å². The molecule has 110 valence electrons. The van der Waals surface area contributed by atoms with Crippen molar-refractivity contribution in [3.05, 3.63) is 45.0 Å². The van der Waals surface area contributed by atoms with Crippen LogP contribution in [-0.2, 0) is 13.0 Å². The van der Waals surface area contributed by atoms with E-state index in [-0.39, 0.29) is 11.7 Å². The second-order valence-electron chi connectivity index (χ2n) is 5.42. The van der Waals surface area contributed by atoms with E-state index in [2.05, 4.69) is 0 Å². The molecule has 2 aromatic heterocycles. The first-order valence-corrected chi connectivity index (χ1v) is 7.94. The van der Waals surface area contributed by atoms with Crippen LogP contribution in [0.1, 0.15) is 50.6 Å². The maximum Gasteiger partial charge on any atom is 0.289 e. The largest absolute Gasteiger partial charge is 0.455 e. The van der Waals surface area contributed by atoms with Crippen LogP contribution in [0.25, 0.3) is 0 Å². The Morgan fingerprint density at radius 1 is 1.43 bits per heavy atom. The summed E-state index contributed by atoms with van der Waals surface area (Å²) < 4.78 is 5.70. The lowest BCUT2D eigenvalue weighted by Crippen LogP contribution is -2.26. The minimum Gasteiger partial charge on any atom is -0.455 e. The summed E-state index contributed by atoms with van der Waals surface area (Å²) in [6.45, 7) is 2.35. The van der Waals surface area contributed by atoms with Crippen LogP contribution in [-0.4, -0.2) is 23.6 Å². The summed E-state index contributed by atoms with van der Waals surface area (Å²) in [6, 6.07) is 2.00. The van der Waals surface area contributed by atoms with Crippen molar-refractivity contribution in [3.63, 3.8) is 0 Å². The molecule has 1 aliphatic rings. The average Bonchev–Trinajstić information content (AvgIpc) is 3.07. The lowest BCUT2D eigenvalue weighted by atomic mass is 9.94. The molecule has 0 radical (unpaired) electrons. The molecule has 1 amide bonds. The number of aryl methyl sites for hydroxylation is 1. The molecule has 0 aromatic carbocycles.